The molecule has 2 fully saturated rings. The van der Waals surface area contributed by atoms with Crippen LogP contribution in [0.2, 0.25) is 5.02 Å². The molecule has 5 nitrogen and oxygen atoms in total. The molecule has 1 N–H and O–H groups in total. The molecule has 1 saturated carbocycles. The van der Waals surface area contributed by atoms with Gasteiger partial charge in [-0.1, -0.05) is 35.9 Å². The molecule has 2 atom stereocenters. The summed E-state index contributed by atoms with van der Waals surface area (Å²) in [6.07, 6.45) is 0.645. The Labute approximate surface area is 163 Å². The third kappa shape index (κ3) is 4.08. The lowest BCUT2D eigenvalue weighted by Gasteiger charge is -2.36. The number of hydrogen-bond donors (Lipinski definition) is 1. The predicted octanol–water partition coefficient (Wildman–Crippen LogP) is 3.26. The fourth-order valence-electron chi connectivity index (χ4n) is 3.61. The number of halogens is 1. The number of carbonyl (C=O) groups excluding carboxylic acids is 2. The summed E-state index contributed by atoms with van der Waals surface area (Å²) in [4.78, 5) is 29.2. The van der Waals surface area contributed by atoms with Gasteiger partial charge in [-0.3, -0.25) is 9.59 Å². The number of para-hydroxylation sites is 1. The zero-order chi connectivity index (χ0) is 18.8. The van der Waals surface area contributed by atoms with Gasteiger partial charge in [0.15, 0.2) is 0 Å². The molecule has 4 rings (SSSR count). The molecular weight excluding hydrogens is 362 g/mol. The van der Waals surface area contributed by atoms with E-state index in [0.717, 1.165) is 29.5 Å². The topological polar surface area (TPSA) is 52.7 Å². The second kappa shape index (κ2) is 7.61. The first-order chi connectivity index (χ1) is 13.1. The number of nitrogens with one attached hydrogen (secondary N) is 1. The molecule has 1 heterocycles. The lowest BCUT2D eigenvalue weighted by Crippen LogP contribution is -2.49. The van der Waals surface area contributed by atoms with Crippen LogP contribution in [0.3, 0.4) is 0 Å². The van der Waals surface area contributed by atoms with E-state index in [-0.39, 0.29) is 23.7 Å². The first-order valence-electron chi connectivity index (χ1n) is 9.27. The summed E-state index contributed by atoms with van der Waals surface area (Å²) in [6.45, 7) is 2.91. The Hall–Kier alpha value is -2.53. The van der Waals surface area contributed by atoms with Crippen LogP contribution in [0.1, 0.15) is 6.42 Å². The monoisotopic (exact) mass is 383 g/mol. The second-order valence-corrected chi connectivity index (χ2v) is 7.53. The lowest BCUT2D eigenvalue weighted by molar-refractivity contribution is -0.134. The molecule has 1 aliphatic carbocycles. The van der Waals surface area contributed by atoms with Crippen molar-refractivity contribution in [3.63, 3.8) is 0 Å². The van der Waals surface area contributed by atoms with E-state index in [2.05, 4.69) is 10.2 Å². The summed E-state index contributed by atoms with van der Waals surface area (Å²) in [6, 6.07) is 17.2. The minimum atomic E-state index is -0.205. The Bertz CT molecular complexity index is 834. The predicted molar refractivity (Wildman–Crippen MR) is 107 cm³/mol. The molecule has 0 bridgehead atoms. The molecule has 1 saturated heterocycles. The molecule has 27 heavy (non-hydrogen) atoms. The van der Waals surface area contributed by atoms with Crippen molar-refractivity contribution >= 4 is 34.8 Å². The molecule has 140 valence electrons. The van der Waals surface area contributed by atoms with Gasteiger partial charge in [-0.25, -0.2) is 0 Å². The van der Waals surface area contributed by atoms with Crippen LogP contribution in [0.25, 0.3) is 0 Å². The molecule has 6 heteroatoms. The zero-order valence-corrected chi connectivity index (χ0v) is 15.7. The summed E-state index contributed by atoms with van der Waals surface area (Å²) in [5.41, 5.74) is 1.86. The number of amides is 2. The Morgan fingerprint density at radius 1 is 0.926 bits per heavy atom. The molecule has 2 aromatic carbocycles. The van der Waals surface area contributed by atoms with Gasteiger partial charge in [0.1, 0.15) is 0 Å². The van der Waals surface area contributed by atoms with Gasteiger partial charge in [0.05, 0.1) is 11.8 Å². The minimum Gasteiger partial charge on any atom is -0.368 e. The van der Waals surface area contributed by atoms with Gasteiger partial charge in [-0.05, 0) is 36.8 Å². The molecule has 1 aliphatic heterocycles. The number of rotatable bonds is 4. The van der Waals surface area contributed by atoms with Crippen molar-refractivity contribution in [3.8, 4) is 0 Å². The van der Waals surface area contributed by atoms with Crippen LogP contribution in [0.4, 0.5) is 11.4 Å². The molecular formula is C21H22ClN3O2. The van der Waals surface area contributed by atoms with Crippen LogP contribution >= 0.6 is 11.6 Å². The fourth-order valence-corrected chi connectivity index (χ4v) is 3.79. The molecule has 0 aromatic heterocycles. The molecule has 2 amide bonds. The molecule has 2 unspecified atom stereocenters. The lowest BCUT2D eigenvalue weighted by atomic mass is 10.2. The number of anilines is 2. The first-order valence-corrected chi connectivity index (χ1v) is 9.65. The van der Waals surface area contributed by atoms with Crippen molar-refractivity contribution < 1.29 is 9.59 Å². The summed E-state index contributed by atoms with van der Waals surface area (Å²) in [5, 5.41) is 3.61. The Morgan fingerprint density at radius 3 is 2.37 bits per heavy atom. The van der Waals surface area contributed by atoms with Crippen LogP contribution in [-0.4, -0.2) is 42.9 Å². The summed E-state index contributed by atoms with van der Waals surface area (Å²) < 4.78 is 0. The number of nitrogens with zero attached hydrogens (tertiary/aromatic N) is 2. The van der Waals surface area contributed by atoms with E-state index in [9.17, 15) is 9.59 Å². The van der Waals surface area contributed by atoms with Crippen molar-refractivity contribution in [2.75, 3.05) is 36.4 Å². The smallest absolute Gasteiger partial charge is 0.228 e. The molecule has 2 aliphatic rings. The van der Waals surface area contributed by atoms with Crippen LogP contribution in [0, 0.1) is 11.8 Å². The van der Waals surface area contributed by atoms with E-state index in [1.807, 2.05) is 59.5 Å². The quantitative estimate of drug-likeness (QED) is 0.881. The number of hydrogen-bond acceptors (Lipinski definition) is 3. The van der Waals surface area contributed by atoms with Crippen molar-refractivity contribution in [2.24, 2.45) is 11.8 Å². The van der Waals surface area contributed by atoms with Gasteiger partial charge in [-0.2, -0.15) is 0 Å². The number of carbonyl (C=O) groups is 2. The van der Waals surface area contributed by atoms with E-state index in [4.69, 9.17) is 11.6 Å². The average Bonchev–Trinajstić information content (AvgIpc) is 3.49. The Kier molecular flexibility index (Phi) is 5.03. The Morgan fingerprint density at radius 2 is 1.67 bits per heavy atom. The minimum absolute atomic E-state index is 0.0582. The third-order valence-corrected chi connectivity index (χ3v) is 5.49. The maximum atomic E-state index is 12.7. The first kappa shape index (κ1) is 17.9. The average molecular weight is 384 g/mol. The Balaban J connectivity index is 1.28. The highest BCUT2D eigenvalue weighted by atomic mass is 35.5. The highest BCUT2D eigenvalue weighted by molar-refractivity contribution is 6.30. The molecule has 0 radical (unpaired) electrons. The van der Waals surface area contributed by atoms with Gasteiger partial charge in [0.2, 0.25) is 11.8 Å². The van der Waals surface area contributed by atoms with Gasteiger partial charge in [-0.15, -0.1) is 0 Å². The fraction of sp³-hybridized carbons (Fsp3) is 0.333. The van der Waals surface area contributed by atoms with E-state index in [0.29, 0.717) is 19.5 Å². The van der Waals surface area contributed by atoms with Crippen molar-refractivity contribution in [1.29, 1.82) is 0 Å². The van der Waals surface area contributed by atoms with Crippen LogP contribution in [0.15, 0.2) is 54.6 Å². The van der Waals surface area contributed by atoms with Gasteiger partial charge < -0.3 is 15.1 Å². The summed E-state index contributed by atoms with van der Waals surface area (Å²) >= 11 is 6.07. The molecule has 0 spiro atoms. The van der Waals surface area contributed by atoms with Gasteiger partial charge >= 0.3 is 0 Å². The van der Waals surface area contributed by atoms with E-state index < -0.39 is 0 Å². The standard InChI is InChI=1S/C21H22ClN3O2/c22-15-5-4-8-17(13-15)24-9-11-25(12-10-24)21(27)19-14-18(19)20(26)23-16-6-2-1-3-7-16/h1-8,13,18-19H,9-12,14H2,(H,23,26). The highest BCUT2D eigenvalue weighted by Gasteiger charge is 2.49. The maximum absolute atomic E-state index is 12.7. The van der Waals surface area contributed by atoms with Crippen LogP contribution in [-0.2, 0) is 9.59 Å². The summed E-state index contributed by atoms with van der Waals surface area (Å²) in [5.74, 6) is -0.332. The molecule has 2 aromatic rings. The van der Waals surface area contributed by atoms with Crippen molar-refractivity contribution in [1.82, 2.24) is 4.90 Å². The highest BCUT2D eigenvalue weighted by Crippen LogP contribution is 2.41. The second-order valence-electron chi connectivity index (χ2n) is 7.10. The van der Waals surface area contributed by atoms with E-state index in [1.54, 1.807) is 0 Å². The largest absolute Gasteiger partial charge is 0.368 e. The van der Waals surface area contributed by atoms with Crippen molar-refractivity contribution in [3.05, 3.63) is 59.6 Å². The van der Waals surface area contributed by atoms with E-state index >= 15 is 0 Å². The van der Waals surface area contributed by atoms with Gasteiger partial charge in [0, 0.05) is 42.6 Å². The SMILES string of the molecule is O=C(Nc1ccccc1)C1CC1C(=O)N1CCN(c2cccc(Cl)c2)CC1. The van der Waals surface area contributed by atoms with Crippen molar-refractivity contribution in [2.45, 2.75) is 6.42 Å². The number of benzene rings is 2. The number of piperazine rings is 1. The van der Waals surface area contributed by atoms with Gasteiger partial charge in [0.25, 0.3) is 0 Å². The van der Waals surface area contributed by atoms with Crippen LogP contribution in [0.5, 0.6) is 0 Å². The van der Waals surface area contributed by atoms with E-state index in [1.165, 1.54) is 0 Å². The zero-order valence-electron chi connectivity index (χ0n) is 15.0. The summed E-state index contributed by atoms with van der Waals surface area (Å²) in [7, 11) is 0. The maximum Gasteiger partial charge on any atom is 0.228 e. The normalized spacial score (nSPS) is 21.7. The third-order valence-electron chi connectivity index (χ3n) is 5.25. The van der Waals surface area contributed by atoms with Crippen LogP contribution < -0.4 is 10.2 Å².